The van der Waals surface area contributed by atoms with Crippen LogP contribution in [0.4, 0.5) is 11.6 Å². The molecule has 1 aromatic rings. The van der Waals surface area contributed by atoms with Crippen molar-refractivity contribution in [3.05, 3.63) is 16.1 Å². The molecule has 1 aliphatic rings. The highest BCUT2D eigenvalue weighted by Gasteiger charge is 2.25. The summed E-state index contributed by atoms with van der Waals surface area (Å²) in [6.07, 6.45) is 2.64. The van der Waals surface area contributed by atoms with E-state index in [0.717, 1.165) is 25.7 Å². The van der Waals surface area contributed by atoms with Crippen molar-refractivity contribution in [2.75, 3.05) is 37.3 Å². The van der Waals surface area contributed by atoms with Crippen LogP contribution in [0.3, 0.4) is 0 Å². The van der Waals surface area contributed by atoms with E-state index in [-0.39, 0.29) is 0 Å². The standard InChI is InChI=1S/C13H20Cl2N4/c1-3-16-12-10(14)8-11(15)13(18-12)17-6-7-19(2)9-4-5-9/h8-9H,3-7H2,1-2H3,(H2,16,17,18). The Bertz CT molecular complexity index is 435. The molecule has 2 N–H and O–H groups in total. The van der Waals surface area contributed by atoms with Gasteiger partial charge in [-0.25, -0.2) is 4.98 Å². The van der Waals surface area contributed by atoms with E-state index in [1.165, 1.54) is 12.8 Å². The number of likely N-dealkylation sites (N-methyl/N-ethyl adjacent to an activating group) is 1. The minimum atomic E-state index is 0.549. The molecule has 106 valence electrons. The molecule has 0 bridgehead atoms. The topological polar surface area (TPSA) is 40.2 Å². The molecule has 1 fully saturated rings. The fourth-order valence-corrected chi connectivity index (χ4v) is 2.42. The van der Waals surface area contributed by atoms with Crippen LogP contribution >= 0.6 is 23.2 Å². The van der Waals surface area contributed by atoms with Crippen LogP contribution in [0.1, 0.15) is 19.8 Å². The Morgan fingerprint density at radius 1 is 1.26 bits per heavy atom. The third kappa shape index (κ3) is 4.13. The lowest BCUT2D eigenvalue weighted by molar-refractivity contribution is 0.337. The molecule has 1 aliphatic carbocycles. The second-order valence-corrected chi connectivity index (χ2v) is 5.63. The van der Waals surface area contributed by atoms with Crippen LogP contribution in [0.5, 0.6) is 0 Å². The van der Waals surface area contributed by atoms with Crippen LogP contribution in [-0.2, 0) is 0 Å². The van der Waals surface area contributed by atoms with E-state index in [2.05, 4.69) is 27.6 Å². The minimum absolute atomic E-state index is 0.549. The van der Waals surface area contributed by atoms with Crippen LogP contribution in [0.15, 0.2) is 6.07 Å². The number of pyridine rings is 1. The highest BCUT2D eigenvalue weighted by atomic mass is 35.5. The van der Waals surface area contributed by atoms with Crippen LogP contribution in [0.25, 0.3) is 0 Å². The average Bonchev–Trinajstić information content (AvgIpc) is 3.18. The summed E-state index contributed by atoms with van der Waals surface area (Å²) in [7, 11) is 2.15. The van der Waals surface area contributed by atoms with Gasteiger partial charge in [0.25, 0.3) is 0 Å². The van der Waals surface area contributed by atoms with Gasteiger partial charge in [-0.15, -0.1) is 0 Å². The number of hydrogen-bond acceptors (Lipinski definition) is 4. The molecule has 0 atom stereocenters. The molecule has 0 radical (unpaired) electrons. The summed E-state index contributed by atoms with van der Waals surface area (Å²) < 4.78 is 0. The number of aromatic nitrogens is 1. The van der Waals surface area contributed by atoms with Gasteiger partial charge in [-0.05, 0) is 32.9 Å². The molecule has 0 spiro atoms. The molecular weight excluding hydrogens is 283 g/mol. The van der Waals surface area contributed by atoms with E-state index >= 15 is 0 Å². The largest absolute Gasteiger partial charge is 0.369 e. The van der Waals surface area contributed by atoms with Gasteiger partial charge in [0.1, 0.15) is 11.6 Å². The van der Waals surface area contributed by atoms with Crippen molar-refractivity contribution in [2.24, 2.45) is 0 Å². The first-order chi connectivity index (χ1) is 9.11. The summed E-state index contributed by atoms with van der Waals surface area (Å²) >= 11 is 12.2. The van der Waals surface area contributed by atoms with E-state index in [1.807, 2.05) is 6.92 Å². The monoisotopic (exact) mass is 302 g/mol. The zero-order valence-corrected chi connectivity index (χ0v) is 12.9. The fraction of sp³-hybridized carbons (Fsp3) is 0.615. The van der Waals surface area contributed by atoms with Crippen molar-refractivity contribution in [3.63, 3.8) is 0 Å². The van der Waals surface area contributed by atoms with Gasteiger partial charge in [0.2, 0.25) is 0 Å². The van der Waals surface area contributed by atoms with Crippen molar-refractivity contribution < 1.29 is 0 Å². The van der Waals surface area contributed by atoms with Gasteiger partial charge in [0, 0.05) is 25.7 Å². The van der Waals surface area contributed by atoms with Gasteiger partial charge >= 0.3 is 0 Å². The number of nitrogens with zero attached hydrogens (tertiary/aromatic N) is 2. The molecule has 0 aromatic carbocycles. The molecule has 1 aromatic heterocycles. The van der Waals surface area contributed by atoms with Crippen LogP contribution in [0, 0.1) is 0 Å². The lowest BCUT2D eigenvalue weighted by Gasteiger charge is -2.17. The molecule has 0 aliphatic heterocycles. The predicted molar refractivity (Wildman–Crippen MR) is 82.6 cm³/mol. The molecule has 0 amide bonds. The zero-order valence-electron chi connectivity index (χ0n) is 11.3. The maximum absolute atomic E-state index is 6.14. The Balaban J connectivity index is 1.92. The fourth-order valence-electron chi connectivity index (χ4n) is 1.93. The zero-order chi connectivity index (χ0) is 13.8. The minimum Gasteiger partial charge on any atom is -0.369 e. The van der Waals surface area contributed by atoms with Gasteiger partial charge in [-0.2, -0.15) is 0 Å². The first kappa shape index (κ1) is 14.7. The molecule has 0 unspecified atom stereocenters. The van der Waals surface area contributed by atoms with Crippen LogP contribution in [-0.4, -0.2) is 42.6 Å². The molecule has 1 heterocycles. The lowest BCUT2D eigenvalue weighted by Crippen LogP contribution is -2.27. The molecule has 4 nitrogen and oxygen atoms in total. The van der Waals surface area contributed by atoms with Gasteiger partial charge < -0.3 is 15.5 Å². The Labute approximate surface area is 124 Å². The molecule has 2 rings (SSSR count). The number of halogens is 2. The summed E-state index contributed by atoms with van der Waals surface area (Å²) in [4.78, 5) is 6.78. The smallest absolute Gasteiger partial charge is 0.147 e. The van der Waals surface area contributed by atoms with Gasteiger partial charge in [0.15, 0.2) is 0 Å². The molecule has 0 saturated heterocycles. The van der Waals surface area contributed by atoms with E-state index in [1.54, 1.807) is 6.07 Å². The Hall–Kier alpha value is -0.710. The number of rotatable bonds is 7. The first-order valence-corrected chi connectivity index (χ1v) is 7.41. The van der Waals surface area contributed by atoms with E-state index in [9.17, 15) is 0 Å². The number of anilines is 2. The Morgan fingerprint density at radius 2 is 1.89 bits per heavy atom. The van der Waals surface area contributed by atoms with E-state index in [0.29, 0.717) is 21.7 Å². The van der Waals surface area contributed by atoms with Gasteiger partial charge in [0.05, 0.1) is 10.0 Å². The van der Waals surface area contributed by atoms with Crippen molar-refractivity contribution >= 4 is 34.8 Å². The number of hydrogen-bond donors (Lipinski definition) is 2. The highest BCUT2D eigenvalue weighted by molar-refractivity contribution is 6.37. The maximum Gasteiger partial charge on any atom is 0.147 e. The SMILES string of the molecule is CCNc1nc(NCCN(C)C2CC2)c(Cl)cc1Cl. The summed E-state index contributed by atoms with van der Waals surface area (Å²) in [6.45, 7) is 4.59. The lowest BCUT2D eigenvalue weighted by atomic mass is 10.4. The Morgan fingerprint density at radius 3 is 2.47 bits per heavy atom. The summed E-state index contributed by atoms with van der Waals surface area (Å²) in [5, 5.41) is 7.49. The van der Waals surface area contributed by atoms with Crippen molar-refractivity contribution in [3.8, 4) is 0 Å². The molecule has 6 heteroatoms. The first-order valence-electron chi connectivity index (χ1n) is 6.65. The predicted octanol–water partition coefficient (Wildman–Crippen LogP) is 3.33. The average molecular weight is 303 g/mol. The second-order valence-electron chi connectivity index (χ2n) is 4.82. The Kier molecular flexibility index (Phi) is 5.13. The highest BCUT2D eigenvalue weighted by Crippen LogP contribution is 2.29. The van der Waals surface area contributed by atoms with E-state index < -0.39 is 0 Å². The third-order valence-electron chi connectivity index (χ3n) is 3.20. The summed E-state index contributed by atoms with van der Waals surface area (Å²) in [5.74, 6) is 1.36. The van der Waals surface area contributed by atoms with Crippen molar-refractivity contribution in [2.45, 2.75) is 25.8 Å². The van der Waals surface area contributed by atoms with E-state index in [4.69, 9.17) is 23.2 Å². The number of nitrogens with one attached hydrogen (secondary N) is 2. The van der Waals surface area contributed by atoms with Crippen molar-refractivity contribution in [1.29, 1.82) is 0 Å². The summed E-state index contributed by atoms with van der Waals surface area (Å²) in [6, 6.07) is 2.49. The normalized spacial score (nSPS) is 14.8. The molecule has 1 saturated carbocycles. The van der Waals surface area contributed by atoms with Crippen LogP contribution < -0.4 is 10.6 Å². The van der Waals surface area contributed by atoms with Gasteiger partial charge in [-0.1, -0.05) is 23.2 Å². The second kappa shape index (κ2) is 6.64. The van der Waals surface area contributed by atoms with Gasteiger partial charge in [-0.3, -0.25) is 0 Å². The van der Waals surface area contributed by atoms with Crippen molar-refractivity contribution in [1.82, 2.24) is 9.88 Å². The third-order valence-corrected chi connectivity index (χ3v) is 3.78. The quantitative estimate of drug-likeness (QED) is 0.810. The summed E-state index contributed by atoms with van der Waals surface area (Å²) in [5.41, 5.74) is 0. The van der Waals surface area contributed by atoms with Crippen LogP contribution in [0.2, 0.25) is 10.0 Å². The molecule has 19 heavy (non-hydrogen) atoms. The molecular formula is C13H20Cl2N4. The maximum atomic E-state index is 6.14.